The van der Waals surface area contributed by atoms with Gasteiger partial charge < -0.3 is 14.4 Å². The number of nitrogens with zero attached hydrogens (tertiary/aromatic N) is 1. The molecule has 0 aliphatic carbocycles. The smallest absolute Gasteiger partial charge is 0.336 e. The summed E-state index contributed by atoms with van der Waals surface area (Å²) in [5.74, 6) is -0.0544. The number of fused-ring (bicyclic) bond motifs is 1. The molecule has 0 amide bonds. The van der Waals surface area contributed by atoms with Gasteiger partial charge in [0, 0.05) is 18.0 Å². The number of rotatable bonds is 3. The zero-order valence-corrected chi connectivity index (χ0v) is 13.6. The van der Waals surface area contributed by atoms with Crippen LogP contribution >= 0.6 is 11.6 Å². The number of benzene rings is 2. The molecule has 0 radical (unpaired) electrons. The summed E-state index contributed by atoms with van der Waals surface area (Å²) in [6.07, 6.45) is 0. The van der Waals surface area contributed by atoms with Gasteiger partial charge in [0.2, 0.25) is 0 Å². The lowest BCUT2D eigenvalue weighted by atomic mass is 9.99. The van der Waals surface area contributed by atoms with Gasteiger partial charge in [0.05, 0.1) is 10.6 Å². The number of hydrogen-bond donors (Lipinski definition) is 1. The van der Waals surface area contributed by atoms with E-state index in [1.807, 2.05) is 49.3 Å². The second-order valence-corrected chi connectivity index (χ2v) is 6.05. The molecule has 0 aliphatic rings. The van der Waals surface area contributed by atoms with Crippen molar-refractivity contribution in [2.45, 2.75) is 6.54 Å². The zero-order chi connectivity index (χ0) is 16.6. The van der Waals surface area contributed by atoms with Crippen molar-refractivity contribution in [3.05, 3.63) is 63.5 Å². The predicted octanol–water partition coefficient (Wildman–Crippen LogP) is 3.88. The van der Waals surface area contributed by atoms with Gasteiger partial charge in [0.15, 0.2) is 0 Å². The van der Waals surface area contributed by atoms with Crippen molar-refractivity contribution in [1.82, 2.24) is 4.90 Å². The van der Waals surface area contributed by atoms with Crippen molar-refractivity contribution >= 4 is 22.6 Å². The summed E-state index contributed by atoms with van der Waals surface area (Å²) in [6.45, 7) is 0.407. The molecule has 0 aliphatic heterocycles. The summed E-state index contributed by atoms with van der Waals surface area (Å²) in [5.41, 5.74) is 2.04. The minimum absolute atomic E-state index is 0.0544. The Bertz CT molecular complexity index is 917. The van der Waals surface area contributed by atoms with Gasteiger partial charge in [0.1, 0.15) is 11.3 Å². The maximum absolute atomic E-state index is 12.0. The predicted molar refractivity (Wildman–Crippen MR) is 92.0 cm³/mol. The molecule has 5 heteroatoms. The number of phenolic OH excluding ortho intramolecular Hbond substituents is 1. The molecule has 23 heavy (non-hydrogen) atoms. The van der Waals surface area contributed by atoms with E-state index in [1.165, 1.54) is 6.07 Å². The zero-order valence-electron chi connectivity index (χ0n) is 12.8. The molecule has 1 heterocycles. The van der Waals surface area contributed by atoms with Crippen molar-refractivity contribution in [2.75, 3.05) is 14.1 Å². The van der Waals surface area contributed by atoms with Crippen molar-refractivity contribution in [1.29, 1.82) is 0 Å². The Morgan fingerprint density at radius 1 is 1.17 bits per heavy atom. The fraction of sp³-hybridized carbons (Fsp3) is 0.167. The fourth-order valence-electron chi connectivity index (χ4n) is 2.64. The minimum atomic E-state index is -0.460. The first-order chi connectivity index (χ1) is 11.0. The molecule has 0 unspecified atom stereocenters. The standard InChI is InChI=1S/C18H16ClNO3/c1-20(2)10-14-17(22)15(19)8-13-12(9-16(21)23-18(13)14)11-6-4-3-5-7-11/h3-9,22H,10H2,1-2H3. The van der Waals surface area contributed by atoms with E-state index >= 15 is 0 Å². The Hall–Kier alpha value is -2.30. The van der Waals surface area contributed by atoms with Crippen LogP contribution in [0.1, 0.15) is 5.56 Å². The quantitative estimate of drug-likeness (QED) is 0.741. The van der Waals surface area contributed by atoms with Crippen molar-refractivity contribution < 1.29 is 9.52 Å². The van der Waals surface area contributed by atoms with Crippen molar-refractivity contribution in [3.8, 4) is 16.9 Å². The lowest BCUT2D eigenvalue weighted by Gasteiger charge is -2.15. The third-order valence-electron chi connectivity index (χ3n) is 3.62. The highest BCUT2D eigenvalue weighted by atomic mass is 35.5. The maximum atomic E-state index is 12.0. The average Bonchev–Trinajstić information content (AvgIpc) is 2.52. The summed E-state index contributed by atoms with van der Waals surface area (Å²) < 4.78 is 5.39. The molecule has 0 bridgehead atoms. The summed E-state index contributed by atoms with van der Waals surface area (Å²) in [7, 11) is 3.73. The number of halogens is 1. The van der Waals surface area contributed by atoms with Crippen LogP contribution < -0.4 is 5.63 Å². The van der Waals surface area contributed by atoms with Crippen LogP contribution in [0, 0.1) is 0 Å². The highest BCUT2D eigenvalue weighted by molar-refractivity contribution is 6.33. The molecular weight excluding hydrogens is 314 g/mol. The molecule has 0 saturated carbocycles. The first kappa shape index (κ1) is 15.6. The van der Waals surface area contributed by atoms with Crippen LogP contribution in [0.25, 0.3) is 22.1 Å². The Morgan fingerprint density at radius 3 is 2.52 bits per heavy atom. The topological polar surface area (TPSA) is 53.7 Å². The summed E-state index contributed by atoms with van der Waals surface area (Å²) in [5, 5.41) is 11.2. The fourth-order valence-corrected chi connectivity index (χ4v) is 2.86. The van der Waals surface area contributed by atoms with Gasteiger partial charge in [0.25, 0.3) is 0 Å². The van der Waals surface area contributed by atoms with Crippen molar-refractivity contribution in [3.63, 3.8) is 0 Å². The molecule has 1 aromatic heterocycles. The van der Waals surface area contributed by atoms with Crippen LogP contribution in [0.2, 0.25) is 5.02 Å². The SMILES string of the molecule is CN(C)Cc1c(O)c(Cl)cc2c(-c3ccccc3)cc(=O)oc12. The highest BCUT2D eigenvalue weighted by Gasteiger charge is 2.18. The molecule has 0 spiro atoms. The summed E-state index contributed by atoms with van der Waals surface area (Å²) >= 11 is 6.19. The average molecular weight is 330 g/mol. The van der Waals surface area contributed by atoms with E-state index in [4.69, 9.17) is 16.0 Å². The van der Waals surface area contributed by atoms with Gasteiger partial charge in [-0.2, -0.15) is 0 Å². The van der Waals surface area contributed by atoms with Crippen LogP contribution in [-0.2, 0) is 6.54 Å². The van der Waals surface area contributed by atoms with Crippen LogP contribution in [0.15, 0.2) is 51.7 Å². The van der Waals surface area contributed by atoms with Crippen LogP contribution in [0.5, 0.6) is 5.75 Å². The van der Waals surface area contributed by atoms with E-state index in [2.05, 4.69) is 0 Å². The number of aromatic hydroxyl groups is 1. The molecule has 1 N–H and O–H groups in total. The van der Waals surface area contributed by atoms with E-state index in [1.54, 1.807) is 6.07 Å². The maximum Gasteiger partial charge on any atom is 0.336 e. The lowest BCUT2D eigenvalue weighted by molar-refractivity contribution is 0.383. The second-order valence-electron chi connectivity index (χ2n) is 5.65. The molecule has 118 valence electrons. The van der Waals surface area contributed by atoms with Crippen LogP contribution in [-0.4, -0.2) is 24.1 Å². The van der Waals surface area contributed by atoms with Gasteiger partial charge in [-0.05, 0) is 31.3 Å². The van der Waals surface area contributed by atoms with Gasteiger partial charge in [-0.15, -0.1) is 0 Å². The molecule has 0 saturated heterocycles. The van der Waals surface area contributed by atoms with Gasteiger partial charge in [-0.25, -0.2) is 4.79 Å². The number of hydrogen-bond acceptors (Lipinski definition) is 4. The molecule has 2 aromatic carbocycles. The Kier molecular flexibility index (Phi) is 4.11. The normalized spacial score (nSPS) is 11.3. The molecule has 3 aromatic rings. The second kappa shape index (κ2) is 6.07. The van der Waals surface area contributed by atoms with Gasteiger partial charge in [-0.1, -0.05) is 41.9 Å². The third kappa shape index (κ3) is 2.96. The van der Waals surface area contributed by atoms with Crippen LogP contribution in [0.4, 0.5) is 0 Å². The summed E-state index contributed by atoms with van der Waals surface area (Å²) in [6, 6.07) is 12.6. The lowest BCUT2D eigenvalue weighted by Crippen LogP contribution is -2.12. The Morgan fingerprint density at radius 2 is 1.87 bits per heavy atom. The Labute approximate surface area is 138 Å². The first-order valence-electron chi connectivity index (χ1n) is 7.15. The van der Waals surface area contributed by atoms with Crippen LogP contribution in [0.3, 0.4) is 0 Å². The van der Waals surface area contributed by atoms with Gasteiger partial charge >= 0.3 is 5.63 Å². The largest absolute Gasteiger partial charge is 0.506 e. The van der Waals surface area contributed by atoms with Crippen molar-refractivity contribution in [2.24, 2.45) is 0 Å². The monoisotopic (exact) mass is 329 g/mol. The van der Waals surface area contributed by atoms with Gasteiger partial charge in [-0.3, -0.25) is 0 Å². The molecule has 4 nitrogen and oxygen atoms in total. The molecule has 3 rings (SSSR count). The molecule has 0 fully saturated rings. The van der Waals surface area contributed by atoms with E-state index in [0.717, 1.165) is 11.1 Å². The minimum Gasteiger partial charge on any atom is -0.506 e. The number of phenols is 1. The Balaban J connectivity index is 2.40. The highest BCUT2D eigenvalue weighted by Crippen LogP contribution is 2.38. The summed E-state index contributed by atoms with van der Waals surface area (Å²) in [4.78, 5) is 13.9. The molecule has 0 atom stereocenters. The van der Waals surface area contributed by atoms with E-state index in [0.29, 0.717) is 23.1 Å². The first-order valence-corrected chi connectivity index (χ1v) is 7.53. The van der Waals surface area contributed by atoms with E-state index in [-0.39, 0.29) is 10.8 Å². The third-order valence-corrected chi connectivity index (χ3v) is 3.90. The van der Waals surface area contributed by atoms with E-state index in [9.17, 15) is 9.90 Å². The molecular formula is C18H16ClNO3. The van der Waals surface area contributed by atoms with E-state index < -0.39 is 5.63 Å².